The van der Waals surface area contributed by atoms with Gasteiger partial charge >= 0.3 is 6.03 Å². The predicted molar refractivity (Wildman–Crippen MR) is 78.8 cm³/mol. The summed E-state index contributed by atoms with van der Waals surface area (Å²) in [7, 11) is 1.84. The molecule has 118 valence electrons. The number of furan rings is 1. The number of aryl methyl sites for hydroxylation is 1. The van der Waals surface area contributed by atoms with Gasteiger partial charge in [-0.05, 0) is 30.9 Å². The van der Waals surface area contributed by atoms with E-state index in [1.54, 1.807) is 29.3 Å². The lowest BCUT2D eigenvalue weighted by atomic mass is 9.75. The van der Waals surface area contributed by atoms with Crippen LogP contribution in [0.25, 0.3) is 0 Å². The molecule has 0 aliphatic heterocycles. The molecule has 0 bridgehead atoms. The highest BCUT2D eigenvalue weighted by molar-refractivity contribution is 5.74. The van der Waals surface area contributed by atoms with E-state index >= 15 is 0 Å². The molecule has 1 atom stereocenters. The van der Waals surface area contributed by atoms with Gasteiger partial charge in [-0.3, -0.25) is 4.68 Å². The average molecular weight is 304 g/mol. The molecule has 1 aliphatic rings. The van der Waals surface area contributed by atoms with E-state index in [1.807, 2.05) is 13.2 Å². The molecule has 1 aliphatic carbocycles. The average Bonchev–Trinajstić information content (AvgIpc) is 3.11. The molecule has 2 amide bonds. The van der Waals surface area contributed by atoms with Gasteiger partial charge in [0.15, 0.2) is 0 Å². The minimum Gasteiger partial charge on any atom is -0.467 e. The first-order valence-corrected chi connectivity index (χ1v) is 7.35. The summed E-state index contributed by atoms with van der Waals surface area (Å²) < 4.78 is 6.89. The second kappa shape index (κ2) is 6.23. The van der Waals surface area contributed by atoms with Crippen LogP contribution in [-0.2, 0) is 13.6 Å². The molecular weight excluding hydrogens is 284 g/mol. The topological polar surface area (TPSA) is 92.3 Å². The van der Waals surface area contributed by atoms with Crippen LogP contribution in [0, 0.1) is 5.92 Å². The molecule has 22 heavy (non-hydrogen) atoms. The van der Waals surface area contributed by atoms with E-state index in [0.29, 0.717) is 25.1 Å². The largest absolute Gasteiger partial charge is 0.467 e. The fraction of sp³-hybridized carbons (Fsp3) is 0.467. The normalized spacial score (nSPS) is 21.9. The Labute approximate surface area is 128 Å². The maximum Gasteiger partial charge on any atom is 0.315 e. The zero-order valence-electron chi connectivity index (χ0n) is 12.4. The van der Waals surface area contributed by atoms with Crippen LogP contribution in [0.4, 0.5) is 4.79 Å². The number of hydrogen-bond acceptors (Lipinski definition) is 4. The molecule has 0 aromatic carbocycles. The van der Waals surface area contributed by atoms with Gasteiger partial charge in [0.05, 0.1) is 31.2 Å². The van der Waals surface area contributed by atoms with Gasteiger partial charge < -0.3 is 20.2 Å². The van der Waals surface area contributed by atoms with Gasteiger partial charge in [0.25, 0.3) is 0 Å². The summed E-state index contributed by atoms with van der Waals surface area (Å²) in [6.45, 7) is 0.339. The highest BCUT2D eigenvalue weighted by Crippen LogP contribution is 2.37. The van der Waals surface area contributed by atoms with Crippen LogP contribution in [0.5, 0.6) is 0 Å². The predicted octanol–water partition coefficient (Wildman–Crippen LogP) is 1.32. The van der Waals surface area contributed by atoms with E-state index in [-0.39, 0.29) is 24.1 Å². The molecule has 3 rings (SSSR count). The van der Waals surface area contributed by atoms with Crippen molar-refractivity contribution in [2.24, 2.45) is 13.0 Å². The third-order valence-corrected chi connectivity index (χ3v) is 3.99. The summed E-state index contributed by atoms with van der Waals surface area (Å²) in [4.78, 5) is 12.1. The van der Waals surface area contributed by atoms with Crippen molar-refractivity contribution in [2.75, 3.05) is 0 Å². The number of hydrogen-bond donors (Lipinski definition) is 3. The van der Waals surface area contributed by atoms with Crippen molar-refractivity contribution in [3.63, 3.8) is 0 Å². The molecule has 7 heteroatoms. The smallest absolute Gasteiger partial charge is 0.315 e. The number of nitrogens with zero attached hydrogens (tertiary/aromatic N) is 2. The lowest BCUT2D eigenvalue weighted by Gasteiger charge is -2.37. The maximum absolute atomic E-state index is 12.1. The lowest BCUT2D eigenvalue weighted by Crippen LogP contribution is -2.44. The Kier molecular flexibility index (Phi) is 4.15. The molecule has 1 fully saturated rings. The fourth-order valence-electron chi connectivity index (χ4n) is 2.75. The van der Waals surface area contributed by atoms with E-state index in [0.717, 1.165) is 5.56 Å². The molecular formula is C15H20N4O3. The number of aromatic nitrogens is 2. The minimum absolute atomic E-state index is 0.145. The first-order chi connectivity index (χ1) is 10.6. The Morgan fingerprint density at radius 3 is 3.00 bits per heavy atom. The molecule has 1 unspecified atom stereocenters. The van der Waals surface area contributed by atoms with E-state index in [4.69, 9.17) is 4.42 Å². The quantitative estimate of drug-likeness (QED) is 0.777. The number of carbonyl (C=O) groups is 1. The van der Waals surface area contributed by atoms with Crippen LogP contribution in [0.3, 0.4) is 0 Å². The van der Waals surface area contributed by atoms with Gasteiger partial charge in [-0.25, -0.2) is 4.79 Å². The third-order valence-electron chi connectivity index (χ3n) is 3.99. The summed E-state index contributed by atoms with van der Waals surface area (Å²) in [5.74, 6) is 0.931. The molecule has 1 saturated carbocycles. The Bertz CT molecular complexity index is 617. The van der Waals surface area contributed by atoms with Crippen LogP contribution < -0.4 is 10.6 Å². The summed E-state index contributed by atoms with van der Waals surface area (Å²) >= 11 is 0. The van der Waals surface area contributed by atoms with Gasteiger partial charge in [0.2, 0.25) is 0 Å². The van der Waals surface area contributed by atoms with Crippen LogP contribution in [0.2, 0.25) is 0 Å². The number of aliphatic hydroxyl groups excluding tert-OH is 1. The zero-order chi connectivity index (χ0) is 15.5. The molecule has 2 heterocycles. The van der Waals surface area contributed by atoms with E-state index < -0.39 is 0 Å². The van der Waals surface area contributed by atoms with E-state index in [1.165, 1.54) is 0 Å². The van der Waals surface area contributed by atoms with Crippen molar-refractivity contribution in [2.45, 2.75) is 31.5 Å². The maximum atomic E-state index is 12.1. The standard InChI is InChI=1S/C15H20N4O3/c1-19-9-11(7-17-19)14(10-5-12(20)6-10)18-15(21)16-8-13-3-2-4-22-13/h2-4,7,9-10,12,14,20H,5-6,8H2,1H3,(H2,16,18,21). The number of rotatable bonds is 5. The van der Waals surface area contributed by atoms with Gasteiger partial charge in [-0.2, -0.15) is 5.10 Å². The molecule has 0 radical (unpaired) electrons. The van der Waals surface area contributed by atoms with Crippen molar-refractivity contribution < 1.29 is 14.3 Å². The van der Waals surface area contributed by atoms with Crippen molar-refractivity contribution in [3.05, 3.63) is 42.1 Å². The fourth-order valence-corrected chi connectivity index (χ4v) is 2.75. The second-order valence-electron chi connectivity index (χ2n) is 5.72. The number of carbonyl (C=O) groups excluding carboxylic acids is 1. The SMILES string of the molecule is Cn1cc(C(NC(=O)NCc2ccco2)C2CC(O)C2)cn1. The van der Waals surface area contributed by atoms with Crippen LogP contribution in [-0.4, -0.2) is 27.0 Å². The van der Waals surface area contributed by atoms with E-state index in [2.05, 4.69) is 15.7 Å². The molecule has 2 aromatic heterocycles. The van der Waals surface area contributed by atoms with Gasteiger partial charge in [-0.15, -0.1) is 0 Å². The highest BCUT2D eigenvalue weighted by Gasteiger charge is 2.36. The van der Waals surface area contributed by atoms with E-state index in [9.17, 15) is 9.90 Å². The minimum atomic E-state index is -0.267. The van der Waals surface area contributed by atoms with Gasteiger partial charge in [0, 0.05) is 18.8 Å². The Morgan fingerprint density at radius 2 is 2.41 bits per heavy atom. The third kappa shape index (κ3) is 3.30. The number of nitrogens with one attached hydrogen (secondary N) is 2. The number of amides is 2. The van der Waals surface area contributed by atoms with Crippen molar-refractivity contribution in [1.82, 2.24) is 20.4 Å². The number of aliphatic hydroxyl groups is 1. The summed E-state index contributed by atoms with van der Waals surface area (Å²) in [5.41, 5.74) is 0.951. The summed E-state index contributed by atoms with van der Waals surface area (Å²) in [6, 6.07) is 3.19. The first-order valence-electron chi connectivity index (χ1n) is 7.35. The van der Waals surface area contributed by atoms with Crippen molar-refractivity contribution in [3.8, 4) is 0 Å². The molecule has 0 saturated heterocycles. The van der Waals surface area contributed by atoms with Crippen LogP contribution >= 0.6 is 0 Å². The second-order valence-corrected chi connectivity index (χ2v) is 5.72. The highest BCUT2D eigenvalue weighted by atomic mass is 16.3. The first kappa shape index (κ1) is 14.6. The Hall–Kier alpha value is -2.28. The lowest BCUT2D eigenvalue weighted by molar-refractivity contribution is 0.0259. The summed E-state index contributed by atoms with van der Waals surface area (Å²) in [5, 5.41) is 19.4. The summed E-state index contributed by atoms with van der Waals surface area (Å²) in [6.07, 6.45) is 6.33. The van der Waals surface area contributed by atoms with Gasteiger partial charge in [-0.1, -0.05) is 0 Å². The molecule has 3 N–H and O–H groups in total. The zero-order valence-corrected chi connectivity index (χ0v) is 12.4. The molecule has 0 spiro atoms. The Balaban J connectivity index is 1.61. The Morgan fingerprint density at radius 1 is 1.59 bits per heavy atom. The number of urea groups is 1. The van der Waals surface area contributed by atoms with Crippen molar-refractivity contribution in [1.29, 1.82) is 0 Å². The van der Waals surface area contributed by atoms with Crippen LogP contribution in [0.15, 0.2) is 35.2 Å². The van der Waals surface area contributed by atoms with Crippen molar-refractivity contribution >= 4 is 6.03 Å². The molecule has 7 nitrogen and oxygen atoms in total. The van der Waals surface area contributed by atoms with Gasteiger partial charge in [0.1, 0.15) is 5.76 Å². The molecule has 2 aromatic rings. The van der Waals surface area contributed by atoms with Crippen LogP contribution in [0.1, 0.15) is 30.2 Å². The monoisotopic (exact) mass is 304 g/mol.